The fourth-order valence-electron chi connectivity index (χ4n) is 2.81. The number of benzene rings is 3. The zero-order valence-corrected chi connectivity index (χ0v) is 16.8. The van der Waals surface area contributed by atoms with Crippen molar-refractivity contribution in [2.24, 2.45) is 0 Å². The number of aryl methyl sites for hydroxylation is 2. The van der Waals surface area contributed by atoms with Gasteiger partial charge in [-0.15, -0.1) is 0 Å². The van der Waals surface area contributed by atoms with Crippen LogP contribution in [0, 0.1) is 13.8 Å². The minimum Gasteiger partial charge on any atom is -0.496 e. The normalized spacial score (nSPS) is 10.4. The predicted octanol–water partition coefficient (Wildman–Crippen LogP) is 5.80. The molecule has 0 fully saturated rings. The van der Waals surface area contributed by atoms with Gasteiger partial charge in [-0.3, -0.25) is 4.79 Å². The maximum atomic E-state index is 12.7. The highest BCUT2D eigenvalue weighted by Gasteiger charge is 2.12. The highest BCUT2D eigenvalue weighted by Crippen LogP contribution is 2.25. The lowest BCUT2D eigenvalue weighted by Gasteiger charge is -2.13. The number of halogens is 1. The number of ether oxygens (including phenoxy) is 2. The first-order valence-electron chi connectivity index (χ1n) is 8.91. The standard InChI is InChI=1S/C23H22ClNO3/c1-15-6-4-5-7-21(15)25-23(26)17-8-11-22(27-3)18(13-17)14-28-19-9-10-20(24)16(2)12-19/h4-13H,14H2,1-3H3,(H,25,26). The molecule has 0 heterocycles. The molecular weight excluding hydrogens is 374 g/mol. The van der Waals surface area contributed by atoms with Gasteiger partial charge in [0, 0.05) is 21.8 Å². The number of hydrogen-bond acceptors (Lipinski definition) is 3. The Kier molecular flexibility index (Phi) is 6.22. The molecule has 0 aliphatic heterocycles. The van der Waals surface area contributed by atoms with Crippen molar-refractivity contribution in [1.82, 2.24) is 0 Å². The van der Waals surface area contributed by atoms with Crippen LogP contribution >= 0.6 is 11.6 Å². The van der Waals surface area contributed by atoms with Crippen LogP contribution in [0.5, 0.6) is 11.5 Å². The molecule has 0 aliphatic carbocycles. The zero-order valence-electron chi connectivity index (χ0n) is 16.1. The Labute approximate surface area is 170 Å². The van der Waals surface area contributed by atoms with Gasteiger partial charge in [-0.25, -0.2) is 0 Å². The van der Waals surface area contributed by atoms with Gasteiger partial charge in [-0.05, 0) is 67.4 Å². The summed E-state index contributed by atoms with van der Waals surface area (Å²) in [5.41, 5.74) is 4.06. The molecule has 1 N–H and O–H groups in total. The Morgan fingerprint density at radius 2 is 1.79 bits per heavy atom. The molecule has 0 aliphatic rings. The van der Waals surface area contributed by atoms with Crippen LogP contribution in [0.1, 0.15) is 27.0 Å². The van der Waals surface area contributed by atoms with Crippen LogP contribution in [-0.4, -0.2) is 13.0 Å². The van der Waals surface area contributed by atoms with E-state index in [2.05, 4.69) is 5.32 Å². The molecule has 28 heavy (non-hydrogen) atoms. The first-order chi connectivity index (χ1) is 13.5. The van der Waals surface area contributed by atoms with E-state index >= 15 is 0 Å². The van der Waals surface area contributed by atoms with Crippen molar-refractivity contribution < 1.29 is 14.3 Å². The summed E-state index contributed by atoms with van der Waals surface area (Å²) in [5.74, 6) is 1.19. The van der Waals surface area contributed by atoms with Gasteiger partial charge in [0.25, 0.3) is 5.91 Å². The van der Waals surface area contributed by atoms with Gasteiger partial charge in [0.2, 0.25) is 0 Å². The topological polar surface area (TPSA) is 47.6 Å². The van der Waals surface area contributed by atoms with E-state index in [0.29, 0.717) is 22.1 Å². The fourth-order valence-corrected chi connectivity index (χ4v) is 2.93. The molecule has 0 saturated heterocycles. The number of carbonyl (C=O) groups excluding carboxylic acids is 1. The smallest absolute Gasteiger partial charge is 0.255 e. The van der Waals surface area contributed by atoms with E-state index in [-0.39, 0.29) is 12.5 Å². The number of para-hydroxylation sites is 1. The second-order valence-electron chi connectivity index (χ2n) is 6.50. The van der Waals surface area contributed by atoms with E-state index < -0.39 is 0 Å². The van der Waals surface area contributed by atoms with E-state index in [9.17, 15) is 4.79 Å². The van der Waals surface area contributed by atoms with Crippen molar-refractivity contribution in [2.75, 3.05) is 12.4 Å². The van der Waals surface area contributed by atoms with E-state index in [4.69, 9.17) is 21.1 Å². The lowest BCUT2D eigenvalue weighted by molar-refractivity contribution is 0.102. The third kappa shape index (κ3) is 4.65. The number of amides is 1. The minimum atomic E-state index is -0.180. The summed E-state index contributed by atoms with van der Waals surface area (Å²) in [7, 11) is 1.60. The average molecular weight is 396 g/mol. The first kappa shape index (κ1) is 19.8. The summed E-state index contributed by atoms with van der Waals surface area (Å²) in [6, 6.07) is 18.5. The Bertz CT molecular complexity index is 1000. The molecule has 3 aromatic carbocycles. The van der Waals surface area contributed by atoms with E-state index in [1.807, 2.05) is 50.2 Å². The number of hydrogen-bond donors (Lipinski definition) is 1. The van der Waals surface area contributed by atoms with Gasteiger partial charge in [0.05, 0.1) is 7.11 Å². The first-order valence-corrected chi connectivity index (χ1v) is 9.28. The fraction of sp³-hybridized carbons (Fsp3) is 0.174. The Hall–Kier alpha value is -2.98. The van der Waals surface area contributed by atoms with Crippen LogP contribution in [0.2, 0.25) is 5.02 Å². The summed E-state index contributed by atoms with van der Waals surface area (Å²) < 4.78 is 11.3. The molecule has 3 rings (SSSR count). The summed E-state index contributed by atoms with van der Waals surface area (Å²) in [5, 5.41) is 3.64. The highest BCUT2D eigenvalue weighted by atomic mass is 35.5. The van der Waals surface area contributed by atoms with Crippen LogP contribution < -0.4 is 14.8 Å². The number of anilines is 1. The Balaban J connectivity index is 1.78. The molecule has 0 aromatic heterocycles. The Morgan fingerprint density at radius 1 is 1.00 bits per heavy atom. The zero-order chi connectivity index (χ0) is 20.1. The average Bonchev–Trinajstić information content (AvgIpc) is 2.70. The Morgan fingerprint density at radius 3 is 2.50 bits per heavy atom. The molecule has 0 unspecified atom stereocenters. The minimum absolute atomic E-state index is 0.180. The molecule has 3 aromatic rings. The lowest BCUT2D eigenvalue weighted by Crippen LogP contribution is -2.13. The number of nitrogens with one attached hydrogen (secondary N) is 1. The van der Waals surface area contributed by atoms with Crippen LogP contribution in [0.15, 0.2) is 60.7 Å². The van der Waals surface area contributed by atoms with Gasteiger partial charge >= 0.3 is 0 Å². The third-order valence-electron chi connectivity index (χ3n) is 4.46. The van der Waals surface area contributed by atoms with Crippen molar-refractivity contribution in [2.45, 2.75) is 20.5 Å². The molecule has 144 valence electrons. The summed E-state index contributed by atoms with van der Waals surface area (Å²) in [4.78, 5) is 12.7. The second-order valence-corrected chi connectivity index (χ2v) is 6.90. The molecular formula is C23H22ClNO3. The van der Waals surface area contributed by atoms with Gasteiger partial charge in [-0.1, -0.05) is 29.8 Å². The number of rotatable bonds is 6. The van der Waals surface area contributed by atoms with Crippen LogP contribution in [-0.2, 0) is 6.61 Å². The maximum Gasteiger partial charge on any atom is 0.255 e. The van der Waals surface area contributed by atoms with Crippen molar-refractivity contribution in [3.05, 3.63) is 87.9 Å². The second kappa shape index (κ2) is 8.81. The van der Waals surface area contributed by atoms with Crippen LogP contribution in [0.25, 0.3) is 0 Å². The quantitative estimate of drug-likeness (QED) is 0.574. The van der Waals surface area contributed by atoms with Gasteiger partial charge in [-0.2, -0.15) is 0 Å². The summed E-state index contributed by atoms with van der Waals surface area (Å²) in [6.45, 7) is 4.15. The van der Waals surface area contributed by atoms with Crippen molar-refractivity contribution in [3.8, 4) is 11.5 Å². The summed E-state index contributed by atoms with van der Waals surface area (Å²) >= 11 is 6.06. The van der Waals surface area contributed by atoms with Gasteiger partial charge in [0.15, 0.2) is 0 Å². The van der Waals surface area contributed by atoms with E-state index in [1.54, 1.807) is 31.4 Å². The summed E-state index contributed by atoms with van der Waals surface area (Å²) in [6.07, 6.45) is 0. The van der Waals surface area contributed by atoms with Crippen LogP contribution in [0.3, 0.4) is 0 Å². The number of methoxy groups -OCH3 is 1. The van der Waals surface area contributed by atoms with E-state index in [1.165, 1.54) is 0 Å². The molecule has 0 saturated carbocycles. The van der Waals surface area contributed by atoms with Crippen molar-refractivity contribution >= 4 is 23.2 Å². The third-order valence-corrected chi connectivity index (χ3v) is 4.88. The van der Waals surface area contributed by atoms with Gasteiger partial charge < -0.3 is 14.8 Å². The molecule has 0 bridgehead atoms. The molecule has 4 nitrogen and oxygen atoms in total. The molecule has 0 atom stereocenters. The lowest BCUT2D eigenvalue weighted by atomic mass is 10.1. The maximum absolute atomic E-state index is 12.7. The molecule has 1 amide bonds. The molecule has 0 radical (unpaired) electrons. The number of carbonyl (C=O) groups is 1. The van der Waals surface area contributed by atoms with E-state index in [0.717, 1.165) is 22.4 Å². The van der Waals surface area contributed by atoms with Crippen molar-refractivity contribution in [3.63, 3.8) is 0 Å². The van der Waals surface area contributed by atoms with Crippen molar-refractivity contribution in [1.29, 1.82) is 0 Å². The highest BCUT2D eigenvalue weighted by molar-refractivity contribution is 6.31. The predicted molar refractivity (Wildman–Crippen MR) is 113 cm³/mol. The molecule has 5 heteroatoms. The molecule has 0 spiro atoms. The largest absolute Gasteiger partial charge is 0.496 e. The van der Waals surface area contributed by atoms with Crippen LogP contribution in [0.4, 0.5) is 5.69 Å². The van der Waals surface area contributed by atoms with Gasteiger partial charge in [0.1, 0.15) is 18.1 Å². The monoisotopic (exact) mass is 395 g/mol. The SMILES string of the molecule is COc1ccc(C(=O)Nc2ccccc2C)cc1COc1ccc(Cl)c(C)c1.